The molecule has 3 aromatic rings. The molecule has 1 N–H and O–H groups in total. The smallest absolute Gasteiger partial charge is 0.307 e. The van der Waals surface area contributed by atoms with Crippen LogP contribution in [0.15, 0.2) is 60.7 Å². The molecule has 0 aliphatic carbocycles. The van der Waals surface area contributed by atoms with E-state index in [-0.39, 0.29) is 36.7 Å². The van der Waals surface area contributed by atoms with Crippen LogP contribution in [0.25, 0.3) is 0 Å². The molecule has 0 fully saturated rings. The topological polar surface area (TPSA) is 82.1 Å². The van der Waals surface area contributed by atoms with E-state index in [0.717, 1.165) is 11.1 Å². The van der Waals surface area contributed by atoms with E-state index < -0.39 is 11.6 Å². The molecule has 4 rings (SSSR count). The molecule has 0 amide bonds. The van der Waals surface area contributed by atoms with Crippen LogP contribution in [0.5, 0.6) is 17.2 Å². The maximum absolute atomic E-state index is 13.0. The van der Waals surface area contributed by atoms with Crippen molar-refractivity contribution in [2.75, 3.05) is 0 Å². The first-order valence-corrected chi connectivity index (χ1v) is 11.7. The van der Waals surface area contributed by atoms with E-state index in [1.807, 2.05) is 74.5 Å². The van der Waals surface area contributed by atoms with Crippen molar-refractivity contribution in [1.29, 1.82) is 0 Å². The predicted molar refractivity (Wildman–Crippen MR) is 132 cm³/mol. The van der Waals surface area contributed by atoms with E-state index in [4.69, 9.17) is 14.2 Å². The molecule has 0 saturated heterocycles. The fourth-order valence-corrected chi connectivity index (χ4v) is 4.35. The molecular weight excluding hydrogens is 444 g/mol. The van der Waals surface area contributed by atoms with Crippen molar-refractivity contribution in [3.05, 3.63) is 88.5 Å². The van der Waals surface area contributed by atoms with Crippen LogP contribution >= 0.6 is 0 Å². The quantitative estimate of drug-likeness (QED) is 0.396. The fourth-order valence-electron chi connectivity index (χ4n) is 4.35. The van der Waals surface area contributed by atoms with Gasteiger partial charge < -0.3 is 19.3 Å². The summed E-state index contributed by atoms with van der Waals surface area (Å²) in [5.74, 6) is -0.272. The highest BCUT2D eigenvalue weighted by Gasteiger charge is 2.36. The third kappa shape index (κ3) is 5.65. The van der Waals surface area contributed by atoms with Crippen LogP contribution in [0.4, 0.5) is 0 Å². The Kier molecular flexibility index (Phi) is 7.10. The molecule has 1 aliphatic rings. The van der Waals surface area contributed by atoms with Crippen molar-refractivity contribution in [2.45, 2.75) is 58.8 Å². The Labute approximate surface area is 205 Å². The number of rotatable bonds is 9. The number of ketones is 1. The molecule has 0 spiro atoms. The summed E-state index contributed by atoms with van der Waals surface area (Å²) >= 11 is 0. The van der Waals surface area contributed by atoms with Gasteiger partial charge in [0.25, 0.3) is 0 Å². The SMILES string of the molecule is CC(=O)c1c(CC(=O)O)c2c(c(OCc3ccccc3)c1OCc1ccccc1)OC(C)(C)CC2. The zero-order chi connectivity index (χ0) is 25.0. The number of carboxylic acids is 1. The average Bonchev–Trinajstić information content (AvgIpc) is 2.82. The maximum atomic E-state index is 13.0. The minimum absolute atomic E-state index is 0.192. The monoisotopic (exact) mass is 474 g/mol. The number of aliphatic carboxylic acids is 1. The molecule has 182 valence electrons. The summed E-state index contributed by atoms with van der Waals surface area (Å²) in [5, 5.41) is 9.67. The Morgan fingerprint density at radius 3 is 1.97 bits per heavy atom. The Hall–Kier alpha value is -3.80. The average molecular weight is 475 g/mol. The molecule has 6 heteroatoms. The first-order valence-electron chi connectivity index (χ1n) is 11.7. The van der Waals surface area contributed by atoms with Crippen LogP contribution < -0.4 is 14.2 Å². The number of ether oxygens (including phenoxy) is 3. The first-order chi connectivity index (χ1) is 16.7. The second kappa shape index (κ2) is 10.2. The first kappa shape index (κ1) is 24.3. The number of carbonyl (C=O) groups excluding carboxylic acids is 1. The van der Waals surface area contributed by atoms with Crippen LogP contribution in [-0.2, 0) is 30.8 Å². The van der Waals surface area contributed by atoms with Gasteiger partial charge in [0, 0.05) is 5.56 Å². The van der Waals surface area contributed by atoms with Gasteiger partial charge >= 0.3 is 5.97 Å². The van der Waals surface area contributed by atoms with Gasteiger partial charge in [-0.1, -0.05) is 60.7 Å². The number of hydrogen-bond acceptors (Lipinski definition) is 5. The number of fused-ring (bicyclic) bond motifs is 1. The molecule has 0 aromatic heterocycles. The normalized spacial score (nSPS) is 13.9. The lowest BCUT2D eigenvalue weighted by Gasteiger charge is -2.36. The van der Waals surface area contributed by atoms with Crippen molar-refractivity contribution in [1.82, 2.24) is 0 Å². The highest BCUT2D eigenvalue weighted by Crippen LogP contribution is 2.50. The molecule has 35 heavy (non-hydrogen) atoms. The Morgan fingerprint density at radius 2 is 1.46 bits per heavy atom. The molecule has 0 saturated carbocycles. The number of hydrogen-bond donors (Lipinski definition) is 1. The largest absolute Gasteiger partial charge is 0.484 e. The zero-order valence-electron chi connectivity index (χ0n) is 20.3. The second-order valence-electron chi connectivity index (χ2n) is 9.36. The molecule has 1 aliphatic heterocycles. The van der Waals surface area contributed by atoms with Gasteiger partial charge in [-0.05, 0) is 50.3 Å². The number of Topliss-reactive ketones (excluding diaryl/α,β-unsaturated/α-hetero) is 1. The molecular formula is C29H30O6. The van der Waals surface area contributed by atoms with Crippen molar-refractivity contribution >= 4 is 11.8 Å². The van der Waals surface area contributed by atoms with Crippen molar-refractivity contribution in [2.24, 2.45) is 0 Å². The third-order valence-electron chi connectivity index (χ3n) is 6.07. The van der Waals surface area contributed by atoms with Crippen LogP contribution in [0, 0.1) is 0 Å². The number of carbonyl (C=O) groups is 2. The lowest BCUT2D eigenvalue weighted by atomic mass is 9.86. The van der Waals surface area contributed by atoms with Crippen LogP contribution in [0.2, 0.25) is 0 Å². The summed E-state index contributed by atoms with van der Waals surface area (Å²) in [4.78, 5) is 24.8. The molecule has 0 unspecified atom stereocenters. The Balaban J connectivity index is 1.89. The van der Waals surface area contributed by atoms with Crippen molar-refractivity contribution < 1.29 is 28.9 Å². The van der Waals surface area contributed by atoms with E-state index in [2.05, 4.69) is 0 Å². The summed E-state index contributed by atoms with van der Waals surface area (Å²) in [5.41, 5.74) is 2.76. The summed E-state index contributed by atoms with van der Waals surface area (Å²) < 4.78 is 18.9. The van der Waals surface area contributed by atoms with Crippen molar-refractivity contribution in [3.63, 3.8) is 0 Å². The highest BCUT2D eigenvalue weighted by molar-refractivity contribution is 6.01. The van der Waals surface area contributed by atoms with Gasteiger partial charge in [0.05, 0.1) is 12.0 Å². The summed E-state index contributed by atoms with van der Waals surface area (Å²) in [6, 6.07) is 19.3. The molecule has 1 heterocycles. The molecule has 0 radical (unpaired) electrons. The van der Waals surface area contributed by atoms with Gasteiger partial charge in [0.1, 0.15) is 18.8 Å². The minimum atomic E-state index is -1.02. The van der Waals surface area contributed by atoms with E-state index >= 15 is 0 Å². The van der Waals surface area contributed by atoms with E-state index in [1.165, 1.54) is 6.92 Å². The molecule has 6 nitrogen and oxygen atoms in total. The lowest BCUT2D eigenvalue weighted by Crippen LogP contribution is -2.34. The molecule has 0 bridgehead atoms. The standard InChI is InChI=1S/C29H30O6/c1-19(30)25-23(16-24(31)32)22-14-15-29(2,3)35-26(22)28(34-18-21-12-8-5-9-13-21)27(25)33-17-20-10-6-4-7-11-20/h4-13H,14-18H2,1-3H3,(H,31,32). The Morgan fingerprint density at radius 1 is 0.914 bits per heavy atom. The summed E-state index contributed by atoms with van der Waals surface area (Å²) in [6.45, 7) is 5.83. The highest BCUT2D eigenvalue weighted by atomic mass is 16.6. The summed E-state index contributed by atoms with van der Waals surface area (Å²) in [6.07, 6.45) is 0.958. The van der Waals surface area contributed by atoms with Crippen LogP contribution in [0.3, 0.4) is 0 Å². The number of carboxylic acid groups (broad SMARTS) is 1. The van der Waals surface area contributed by atoms with Gasteiger partial charge in [-0.15, -0.1) is 0 Å². The van der Waals surface area contributed by atoms with Gasteiger partial charge in [-0.25, -0.2) is 0 Å². The van der Waals surface area contributed by atoms with Gasteiger partial charge in [-0.2, -0.15) is 0 Å². The second-order valence-corrected chi connectivity index (χ2v) is 9.36. The maximum Gasteiger partial charge on any atom is 0.307 e. The Bertz CT molecular complexity index is 1220. The zero-order valence-corrected chi connectivity index (χ0v) is 20.3. The van der Waals surface area contributed by atoms with Gasteiger partial charge in [0.2, 0.25) is 5.75 Å². The lowest BCUT2D eigenvalue weighted by molar-refractivity contribution is -0.136. The van der Waals surface area contributed by atoms with Gasteiger partial charge in [0.15, 0.2) is 17.3 Å². The van der Waals surface area contributed by atoms with E-state index in [0.29, 0.717) is 35.5 Å². The molecule has 3 aromatic carbocycles. The minimum Gasteiger partial charge on any atom is -0.484 e. The fraction of sp³-hybridized carbons (Fsp3) is 0.310. The number of benzene rings is 3. The predicted octanol–water partition coefficient (Wildman–Crippen LogP) is 5.78. The van der Waals surface area contributed by atoms with Crippen molar-refractivity contribution in [3.8, 4) is 17.2 Å². The van der Waals surface area contributed by atoms with Gasteiger partial charge in [-0.3, -0.25) is 9.59 Å². The van der Waals surface area contributed by atoms with E-state index in [9.17, 15) is 14.7 Å². The van der Waals surface area contributed by atoms with E-state index in [1.54, 1.807) is 0 Å². The van der Waals surface area contributed by atoms with Crippen LogP contribution in [0.1, 0.15) is 59.8 Å². The van der Waals surface area contributed by atoms with Crippen LogP contribution in [-0.4, -0.2) is 22.5 Å². The third-order valence-corrected chi connectivity index (χ3v) is 6.07. The summed E-state index contributed by atoms with van der Waals surface area (Å²) in [7, 11) is 0. The molecule has 0 atom stereocenters.